The molecule has 1 aromatic rings. The SMILES string of the molecule is COc1cc(F)ccc1NC(=O)NC(C(=O)O)C(C)O. The number of anilines is 1. The summed E-state index contributed by atoms with van der Waals surface area (Å²) >= 11 is 0. The van der Waals surface area contributed by atoms with Gasteiger partial charge in [0.15, 0.2) is 6.04 Å². The summed E-state index contributed by atoms with van der Waals surface area (Å²) in [6.45, 7) is 1.23. The molecule has 0 radical (unpaired) electrons. The van der Waals surface area contributed by atoms with Gasteiger partial charge in [0.1, 0.15) is 11.6 Å². The van der Waals surface area contributed by atoms with E-state index in [9.17, 15) is 19.1 Å². The summed E-state index contributed by atoms with van der Waals surface area (Å²) in [4.78, 5) is 22.5. The van der Waals surface area contributed by atoms with Crippen LogP contribution in [0.5, 0.6) is 5.75 Å². The first-order valence-corrected chi connectivity index (χ1v) is 5.67. The van der Waals surface area contributed by atoms with Gasteiger partial charge in [0.05, 0.1) is 18.9 Å². The summed E-state index contributed by atoms with van der Waals surface area (Å²) < 4.78 is 17.9. The monoisotopic (exact) mass is 286 g/mol. The molecule has 0 aliphatic heterocycles. The predicted octanol–water partition coefficient (Wildman–Crippen LogP) is 0.790. The van der Waals surface area contributed by atoms with Crippen LogP contribution >= 0.6 is 0 Å². The van der Waals surface area contributed by atoms with Gasteiger partial charge in [-0.25, -0.2) is 14.0 Å². The van der Waals surface area contributed by atoms with E-state index in [1.54, 1.807) is 0 Å². The molecule has 0 saturated carbocycles. The number of aliphatic hydroxyl groups excluding tert-OH is 1. The molecule has 7 nitrogen and oxygen atoms in total. The van der Waals surface area contributed by atoms with Crippen molar-refractivity contribution in [2.75, 3.05) is 12.4 Å². The Morgan fingerprint density at radius 3 is 2.55 bits per heavy atom. The second-order valence-electron chi connectivity index (χ2n) is 4.00. The number of halogens is 1. The Kier molecular flexibility index (Phi) is 5.27. The molecule has 2 unspecified atom stereocenters. The molecular formula is C12H15FN2O5. The van der Waals surface area contributed by atoms with Gasteiger partial charge in [0, 0.05) is 6.07 Å². The first kappa shape index (κ1) is 15.7. The number of amides is 2. The third-order valence-corrected chi connectivity index (χ3v) is 2.45. The number of rotatable bonds is 5. The third-order valence-electron chi connectivity index (χ3n) is 2.45. The number of ether oxygens (including phenoxy) is 1. The fraction of sp³-hybridized carbons (Fsp3) is 0.333. The van der Waals surface area contributed by atoms with Crippen molar-refractivity contribution < 1.29 is 28.9 Å². The normalized spacial score (nSPS) is 13.2. The quantitative estimate of drug-likeness (QED) is 0.640. The molecule has 110 valence electrons. The van der Waals surface area contributed by atoms with E-state index < -0.39 is 30.0 Å². The van der Waals surface area contributed by atoms with Crippen LogP contribution in [-0.2, 0) is 4.79 Å². The van der Waals surface area contributed by atoms with E-state index >= 15 is 0 Å². The number of hydrogen-bond donors (Lipinski definition) is 4. The number of methoxy groups -OCH3 is 1. The lowest BCUT2D eigenvalue weighted by Crippen LogP contribution is -2.49. The molecule has 4 N–H and O–H groups in total. The summed E-state index contributed by atoms with van der Waals surface area (Å²) in [5.74, 6) is -1.83. The minimum absolute atomic E-state index is 0.0871. The van der Waals surface area contributed by atoms with Crippen LogP contribution in [0.15, 0.2) is 18.2 Å². The molecule has 20 heavy (non-hydrogen) atoms. The van der Waals surface area contributed by atoms with Crippen LogP contribution in [0.2, 0.25) is 0 Å². The molecule has 0 aliphatic rings. The van der Waals surface area contributed by atoms with Crippen molar-refractivity contribution in [3.8, 4) is 5.75 Å². The van der Waals surface area contributed by atoms with Gasteiger partial charge >= 0.3 is 12.0 Å². The summed E-state index contributed by atoms with van der Waals surface area (Å²) in [5.41, 5.74) is 0.168. The van der Waals surface area contributed by atoms with E-state index in [0.717, 1.165) is 12.1 Å². The van der Waals surface area contributed by atoms with E-state index in [0.29, 0.717) is 0 Å². The number of carbonyl (C=O) groups is 2. The number of carboxylic acids is 1. The highest BCUT2D eigenvalue weighted by Crippen LogP contribution is 2.24. The molecule has 0 saturated heterocycles. The van der Waals surface area contributed by atoms with Crippen LogP contribution in [0.1, 0.15) is 6.92 Å². The van der Waals surface area contributed by atoms with Gasteiger partial charge in [-0.3, -0.25) is 0 Å². The minimum Gasteiger partial charge on any atom is -0.494 e. The number of hydrogen-bond acceptors (Lipinski definition) is 4. The molecule has 2 amide bonds. The van der Waals surface area contributed by atoms with Crippen LogP contribution in [0.25, 0.3) is 0 Å². The maximum absolute atomic E-state index is 13.0. The van der Waals surface area contributed by atoms with Crippen molar-refractivity contribution in [3.63, 3.8) is 0 Å². The van der Waals surface area contributed by atoms with Gasteiger partial charge < -0.3 is 25.6 Å². The molecule has 1 aromatic carbocycles. The highest BCUT2D eigenvalue weighted by atomic mass is 19.1. The van der Waals surface area contributed by atoms with Crippen molar-refractivity contribution in [3.05, 3.63) is 24.0 Å². The third kappa shape index (κ3) is 4.09. The van der Waals surface area contributed by atoms with Gasteiger partial charge in [-0.1, -0.05) is 0 Å². The topological polar surface area (TPSA) is 108 Å². The Bertz CT molecular complexity index is 507. The molecule has 0 heterocycles. The number of aliphatic hydroxyl groups is 1. The van der Waals surface area contributed by atoms with Gasteiger partial charge in [0.25, 0.3) is 0 Å². The summed E-state index contributed by atoms with van der Waals surface area (Å²) in [6, 6.07) is 1.14. The minimum atomic E-state index is -1.46. The van der Waals surface area contributed by atoms with Crippen molar-refractivity contribution in [1.82, 2.24) is 5.32 Å². The van der Waals surface area contributed by atoms with Gasteiger partial charge in [-0.15, -0.1) is 0 Å². The number of carboxylic acid groups (broad SMARTS) is 1. The van der Waals surface area contributed by atoms with Crippen molar-refractivity contribution in [1.29, 1.82) is 0 Å². The van der Waals surface area contributed by atoms with Crippen LogP contribution in [0, 0.1) is 5.82 Å². The van der Waals surface area contributed by atoms with E-state index in [4.69, 9.17) is 9.84 Å². The van der Waals surface area contributed by atoms with Crippen molar-refractivity contribution >= 4 is 17.7 Å². The first-order valence-electron chi connectivity index (χ1n) is 5.67. The molecule has 0 bridgehead atoms. The van der Waals surface area contributed by atoms with Crippen LogP contribution in [0.3, 0.4) is 0 Å². The number of benzene rings is 1. The van der Waals surface area contributed by atoms with Gasteiger partial charge in [0.2, 0.25) is 0 Å². The number of carbonyl (C=O) groups excluding carboxylic acids is 1. The first-order chi connectivity index (χ1) is 9.35. The van der Waals surface area contributed by atoms with Crippen LogP contribution in [-0.4, -0.2) is 41.5 Å². The maximum Gasteiger partial charge on any atom is 0.328 e. The summed E-state index contributed by atoms with van der Waals surface area (Å²) in [5, 5.41) is 22.5. The number of aliphatic carboxylic acids is 1. The molecule has 1 rings (SSSR count). The zero-order chi connectivity index (χ0) is 15.3. The van der Waals surface area contributed by atoms with E-state index in [2.05, 4.69) is 10.6 Å². The van der Waals surface area contributed by atoms with E-state index in [-0.39, 0.29) is 11.4 Å². The van der Waals surface area contributed by atoms with Gasteiger partial charge in [-0.2, -0.15) is 0 Å². The Hall–Kier alpha value is -2.35. The van der Waals surface area contributed by atoms with Crippen molar-refractivity contribution in [2.45, 2.75) is 19.1 Å². The molecule has 0 aliphatic carbocycles. The second kappa shape index (κ2) is 6.71. The summed E-state index contributed by atoms with van der Waals surface area (Å²) in [6.07, 6.45) is -1.27. The van der Waals surface area contributed by atoms with Crippen molar-refractivity contribution in [2.24, 2.45) is 0 Å². The molecular weight excluding hydrogens is 271 g/mol. The predicted molar refractivity (Wildman–Crippen MR) is 68.2 cm³/mol. The fourth-order valence-corrected chi connectivity index (χ4v) is 1.46. The Balaban J connectivity index is 2.78. The average Bonchev–Trinajstić information content (AvgIpc) is 2.37. The van der Waals surface area contributed by atoms with Crippen LogP contribution < -0.4 is 15.4 Å². The molecule has 2 atom stereocenters. The molecule has 0 spiro atoms. The Morgan fingerprint density at radius 2 is 2.05 bits per heavy atom. The van der Waals surface area contributed by atoms with E-state index in [1.807, 2.05) is 0 Å². The molecule has 0 fully saturated rings. The Labute approximate surface area is 114 Å². The number of nitrogens with one attached hydrogen (secondary N) is 2. The number of urea groups is 1. The fourth-order valence-electron chi connectivity index (χ4n) is 1.46. The lowest BCUT2D eigenvalue weighted by Gasteiger charge is -2.18. The maximum atomic E-state index is 13.0. The standard InChI is InChI=1S/C12H15FN2O5/c1-6(16)10(11(17)18)15-12(19)14-8-4-3-7(13)5-9(8)20-2/h3-6,10,16H,1-2H3,(H,17,18)(H2,14,15,19). The lowest BCUT2D eigenvalue weighted by molar-refractivity contribution is -0.141. The smallest absolute Gasteiger partial charge is 0.328 e. The second-order valence-corrected chi connectivity index (χ2v) is 4.00. The van der Waals surface area contributed by atoms with Crippen LogP contribution in [0.4, 0.5) is 14.9 Å². The average molecular weight is 286 g/mol. The Morgan fingerprint density at radius 1 is 1.40 bits per heavy atom. The lowest BCUT2D eigenvalue weighted by atomic mass is 10.2. The summed E-state index contributed by atoms with van der Waals surface area (Å²) in [7, 11) is 1.30. The zero-order valence-electron chi connectivity index (χ0n) is 10.9. The molecule has 0 aromatic heterocycles. The molecule has 8 heteroatoms. The zero-order valence-corrected chi connectivity index (χ0v) is 10.9. The van der Waals surface area contributed by atoms with E-state index in [1.165, 1.54) is 20.1 Å². The van der Waals surface area contributed by atoms with Gasteiger partial charge in [-0.05, 0) is 19.1 Å². The highest BCUT2D eigenvalue weighted by molar-refractivity contribution is 5.93. The highest BCUT2D eigenvalue weighted by Gasteiger charge is 2.25. The largest absolute Gasteiger partial charge is 0.494 e.